The van der Waals surface area contributed by atoms with Gasteiger partial charge in [0.15, 0.2) is 10.3 Å². The molecule has 0 bridgehead atoms. The summed E-state index contributed by atoms with van der Waals surface area (Å²) >= 11 is 0. The number of amides is 3. The monoisotopic (exact) mass is 353 g/mol. The van der Waals surface area contributed by atoms with Gasteiger partial charge in [-0.3, -0.25) is 4.79 Å². The molecule has 8 nitrogen and oxygen atoms in total. The summed E-state index contributed by atoms with van der Waals surface area (Å²) in [5, 5.41) is 2.84. The van der Waals surface area contributed by atoms with Crippen molar-refractivity contribution < 1.29 is 52.1 Å². The van der Waals surface area contributed by atoms with Crippen LogP contribution in [0.15, 0.2) is 0 Å². The molecule has 3 rings (SSSR count). The Morgan fingerprint density at radius 3 is 2.48 bits per heavy atom. The number of likely N-dealkylation sites (tertiary alicyclic amines) is 1. The number of rotatable bonds is 3. The van der Waals surface area contributed by atoms with Crippen LogP contribution in [-0.4, -0.2) is 59.3 Å². The molecule has 1 saturated carbocycles. The van der Waals surface area contributed by atoms with Gasteiger partial charge in [0.2, 0.25) is 0 Å². The van der Waals surface area contributed by atoms with Crippen molar-refractivity contribution in [3.8, 4) is 0 Å². The van der Waals surface area contributed by atoms with Crippen LogP contribution in [0.25, 0.3) is 0 Å². The molecule has 124 valence electrons. The largest absolute Gasteiger partial charge is 1.00 e. The number of carbonyl (C=O) groups is 2. The fourth-order valence-corrected chi connectivity index (χ4v) is 4.64. The van der Waals surface area contributed by atoms with Crippen molar-refractivity contribution >= 4 is 22.2 Å². The second-order valence-corrected chi connectivity index (χ2v) is 7.52. The number of hydrogen-bond donors (Lipinski definition) is 1. The predicted octanol–water partition coefficient (Wildman–Crippen LogP) is -2.97. The van der Waals surface area contributed by atoms with Crippen molar-refractivity contribution in [3.63, 3.8) is 0 Å². The number of carbonyl (C=O) groups excluding carboxylic acids is 2. The molecule has 2 heterocycles. The molecular formula is C13H20N3NaO5S. The van der Waals surface area contributed by atoms with E-state index in [0.717, 1.165) is 12.8 Å². The molecule has 0 spiro atoms. The van der Waals surface area contributed by atoms with Crippen molar-refractivity contribution in [2.75, 3.05) is 13.1 Å². The van der Waals surface area contributed by atoms with Gasteiger partial charge in [0.05, 0.1) is 6.04 Å². The van der Waals surface area contributed by atoms with Crippen molar-refractivity contribution in [1.82, 2.24) is 14.5 Å². The minimum absolute atomic E-state index is 0. The van der Waals surface area contributed by atoms with Crippen LogP contribution < -0.4 is 34.9 Å². The normalized spacial score (nSPS) is 28.0. The van der Waals surface area contributed by atoms with Gasteiger partial charge < -0.3 is 14.8 Å². The van der Waals surface area contributed by atoms with Gasteiger partial charge in [-0.2, -0.15) is 0 Å². The Balaban J connectivity index is 0.00000192. The van der Waals surface area contributed by atoms with E-state index >= 15 is 0 Å². The molecule has 1 aliphatic carbocycles. The quantitative estimate of drug-likeness (QED) is 0.331. The van der Waals surface area contributed by atoms with Crippen LogP contribution in [0.1, 0.15) is 38.5 Å². The number of nitrogens with zero attached hydrogens (tertiary/aromatic N) is 2. The van der Waals surface area contributed by atoms with E-state index in [9.17, 15) is 22.6 Å². The van der Waals surface area contributed by atoms with E-state index in [1.54, 1.807) is 0 Å². The third-order valence-electron chi connectivity index (χ3n) is 4.91. The second kappa shape index (κ2) is 7.26. The zero-order valence-electron chi connectivity index (χ0n) is 13.2. The van der Waals surface area contributed by atoms with Crippen LogP contribution in [0.2, 0.25) is 0 Å². The zero-order chi connectivity index (χ0) is 15.9. The number of β-lactam (4-membered cyclic amide) rings is 1. The molecule has 0 radical (unpaired) electrons. The number of urea groups is 1. The minimum atomic E-state index is -4.77. The first-order valence-electron chi connectivity index (χ1n) is 7.73. The average molecular weight is 353 g/mol. The van der Waals surface area contributed by atoms with Crippen LogP contribution in [0.4, 0.5) is 4.79 Å². The third-order valence-corrected chi connectivity index (χ3v) is 5.84. The van der Waals surface area contributed by atoms with Crippen LogP contribution in [0.5, 0.6) is 0 Å². The Kier molecular flexibility index (Phi) is 5.99. The summed E-state index contributed by atoms with van der Waals surface area (Å²) in [5.74, 6) is -0.308. The van der Waals surface area contributed by atoms with Gasteiger partial charge >= 0.3 is 35.6 Å². The summed E-state index contributed by atoms with van der Waals surface area (Å²) in [5.41, 5.74) is 0. The molecule has 2 saturated heterocycles. The first-order valence-corrected chi connectivity index (χ1v) is 9.09. The summed E-state index contributed by atoms with van der Waals surface area (Å²) in [6.07, 6.45) is 6.15. The third kappa shape index (κ3) is 3.68. The van der Waals surface area contributed by atoms with Gasteiger partial charge in [0.25, 0.3) is 5.91 Å². The van der Waals surface area contributed by atoms with Crippen LogP contribution in [0.3, 0.4) is 0 Å². The molecule has 3 fully saturated rings. The fourth-order valence-electron chi connectivity index (χ4n) is 3.76. The van der Waals surface area contributed by atoms with Gasteiger partial charge in [-0.05, 0) is 25.2 Å². The Morgan fingerprint density at radius 2 is 1.87 bits per heavy atom. The first-order chi connectivity index (χ1) is 10.4. The second-order valence-electron chi connectivity index (χ2n) is 6.28. The maximum absolute atomic E-state index is 12.2. The minimum Gasteiger partial charge on any atom is -0.731 e. The molecular weight excluding hydrogens is 333 g/mol. The molecule has 1 N–H and O–H groups in total. The van der Waals surface area contributed by atoms with Crippen LogP contribution in [0, 0.1) is 5.92 Å². The number of fused-ring (bicyclic) bond motifs is 1. The molecule has 0 aromatic heterocycles. The van der Waals surface area contributed by atoms with Crippen molar-refractivity contribution in [2.45, 2.75) is 50.6 Å². The maximum Gasteiger partial charge on any atom is 1.00 e. The van der Waals surface area contributed by atoms with Crippen molar-refractivity contribution in [2.24, 2.45) is 5.92 Å². The Bertz CT molecular complexity index is 578. The molecule has 10 heteroatoms. The summed E-state index contributed by atoms with van der Waals surface area (Å²) in [6, 6.07) is -1.82. The summed E-state index contributed by atoms with van der Waals surface area (Å²) in [6.45, 7) is 0.883. The van der Waals surface area contributed by atoms with E-state index in [2.05, 4.69) is 5.32 Å². The maximum atomic E-state index is 12.2. The van der Waals surface area contributed by atoms with Gasteiger partial charge in [-0.25, -0.2) is 17.5 Å². The Morgan fingerprint density at radius 1 is 1.22 bits per heavy atom. The fraction of sp³-hybridized carbons (Fsp3) is 0.846. The van der Waals surface area contributed by atoms with Crippen molar-refractivity contribution in [3.05, 3.63) is 0 Å². The smallest absolute Gasteiger partial charge is 0.731 e. The molecule has 2 aliphatic heterocycles. The van der Waals surface area contributed by atoms with E-state index in [4.69, 9.17) is 0 Å². The number of nitrogens with one attached hydrogen (secondary N) is 1. The van der Waals surface area contributed by atoms with Crippen LogP contribution in [-0.2, 0) is 15.1 Å². The van der Waals surface area contributed by atoms with Crippen LogP contribution >= 0.6 is 0 Å². The Labute approximate surface area is 158 Å². The van der Waals surface area contributed by atoms with Gasteiger partial charge in [-0.15, -0.1) is 0 Å². The molecule has 0 unspecified atom stereocenters. The predicted molar refractivity (Wildman–Crippen MR) is 75.4 cm³/mol. The van der Waals surface area contributed by atoms with Crippen molar-refractivity contribution in [1.29, 1.82) is 0 Å². The van der Waals surface area contributed by atoms with E-state index in [-0.39, 0.29) is 35.6 Å². The number of hydrogen-bond acceptors (Lipinski definition) is 5. The summed E-state index contributed by atoms with van der Waals surface area (Å²) in [7, 11) is -4.77. The van der Waals surface area contributed by atoms with E-state index < -0.39 is 28.3 Å². The van der Waals surface area contributed by atoms with E-state index in [1.165, 1.54) is 24.2 Å². The first kappa shape index (κ1) is 19.0. The topological polar surface area (TPSA) is 110 Å². The average Bonchev–Trinajstić information content (AvgIpc) is 2.83. The Hall–Kier alpha value is -0.350. The molecule has 3 aliphatic rings. The van der Waals surface area contributed by atoms with E-state index in [1.807, 2.05) is 0 Å². The summed E-state index contributed by atoms with van der Waals surface area (Å²) < 4.78 is 33.4. The molecule has 0 aromatic rings. The molecule has 2 atom stereocenters. The zero-order valence-corrected chi connectivity index (χ0v) is 16.0. The van der Waals surface area contributed by atoms with Gasteiger partial charge in [0.1, 0.15) is 6.04 Å². The summed E-state index contributed by atoms with van der Waals surface area (Å²) in [4.78, 5) is 25.4. The van der Waals surface area contributed by atoms with E-state index in [0.29, 0.717) is 29.7 Å². The molecule has 23 heavy (non-hydrogen) atoms. The molecule has 3 amide bonds. The standard InChI is InChI=1S/C13H21N3O5S.Na/c17-12-11-10(16(12)22(19,20)21)6-7-15(11)13(18)14-8-9-4-2-1-3-5-9;/h9-11H,1-8H2,(H,14,18)(H,19,20,21);/q;+1/p-1/t10-,11+;/m1./s1. The molecule has 0 aromatic carbocycles. The SMILES string of the molecule is O=C(NCC1CCCCC1)N1CC[C@@H]2[C@H]1C(=O)N2S(=O)(=O)[O-].[Na+]. The van der Waals surface area contributed by atoms with Gasteiger partial charge in [-0.1, -0.05) is 19.3 Å². The van der Waals surface area contributed by atoms with Gasteiger partial charge in [0, 0.05) is 13.1 Å².